The fourth-order valence-electron chi connectivity index (χ4n) is 2.45. The van der Waals surface area contributed by atoms with Crippen molar-refractivity contribution < 1.29 is 28.5 Å². The number of alkyl carbamates (subject to hydrolysis) is 1. The summed E-state index contributed by atoms with van der Waals surface area (Å²) < 4.78 is 21.7. The zero-order valence-corrected chi connectivity index (χ0v) is 18.4. The quantitative estimate of drug-likeness (QED) is 0.443. The van der Waals surface area contributed by atoms with Crippen LogP contribution in [-0.4, -0.2) is 50.1 Å². The zero-order valence-electron chi connectivity index (χ0n) is 18.4. The molecular weight excluding hydrogens is 374 g/mol. The maximum absolute atomic E-state index is 11.9. The number of methoxy groups -OCH3 is 1. The van der Waals surface area contributed by atoms with Gasteiger partial charge in [-0.3, -0.25) is 0 Å². The normalized spacial score (nSPS) is 13.6. The van der Waals surface area contributed by atoms with E-state index in [4.69, 9.17) is 18.9 Å². The summed E-state index contributed by atoms with van der Waals surface area (Å²) in [4.78, 5) is 23.9. The van der Waals surface area contributed by atoms with E-state index in [0.717, 1.165) is 5.56 Å². The minimum atomic E-state index is -0.836. The Labute approximate surface area is 174 Å². The second-order valence-electron chi connectivity index (χ2n) is 8.16. The van der Waals surface area contributed by atoms with Gasteiger partial charge in [-0.05, 0) is 32.3 Å². The van der Waals surface area contributed by atoms with Crippen LogP contribution in [-0.2, 0) is 30.3 Å². The van der Waals surface area contributed by atoms with Crippen LogP contribution in [0.2, 0.25) is 0 Å². The number of ether oxygens (including phenoxy) is 4. The lowest BCUT2D eigenvalue weighted by molar-refractivity contribution is -0.143. The number of benzene rings is 1. The number of hydrogen-bond acceptors (Lipinski definition) is 6. The minimum Gasteiger partial charge on any atom is -0.467 e. The highest BCUT2D eigenvalue weighted by Crippen LogP contribution is 2.12. The van der Waals surface area contributed by atoms with Gasteiger partial charge in [0.05, 0.1) is 26.4 Å². The molecule has 0 saturated heterocycles. The van der Waals surface area contributed by atoms with Crippen molar-refractivity contribution in [2.45, 2.75) is 65.4 Å². The zero-order chi connectivity index (χ0) is 21.9. The molecule has 0 saturated carbocycles. The molecule has 7 heteroatoms. The van der Waals surface area contributed by atoms with Crippen LogP contribution in [0, 0.1) is 5.92 Å². The number of nitrogens with one attached hydrogen (secondary N) is 1. The summed E-state index contributed by atoms with van der Waals surface area (Å²) in [5, 5.41) is 2.53. The van der Waals surface area contributed by atoms with Crippen molar-refractivity contribution in [1.82, 2.24) is 5.32 Å². The van der Waals surface area contributed by atoms with Crippen LogP contribution < -0.4 is 5.32 Å². The molecule has 29 heavy (non-hydrogen) atoms. The van der Waals surface area contributed by atoms with Gasteiger partial charge < -0.3 is 24.3 Å². The lowest BCUT2D eigenvalue weighted by Gasteiger charge is -2.24. The molecule has 1 aromatic rings. The van der Waals surface area contributed by atoms with Crippen LogP contribution >= 0.6 is 0 Å². The molecule has 164 valence electrons. The molecule has 0 aromatic heterocycles. The van der Waals surface area contributed by atoms with Gasteiger partial charge in [-0.1, -0.05) is 44.2 Å². The molecular formula is C22H35NO6. The lowest BCUT2D eigenvalue weighted by atomic mass is 10.1. The molecule has 0 aliphatic heterocycles. The average Bonchev–Trinajstić information content (AvgIpc) is 2.64. The lowest BCUT2D eigenvalue weighted by Crippen LogP contribution is -2.44. The third-order valence-corrected chi connectivity index (χ3v) is 4.06. The predicted octanol–water partition coefficient (Wildman–Crippen LogP) is 3.70. The van der Waals surface area contributed by atoms with E-state index in [1.807, 2.05) is 30.3 Å². The van der Waals surface area contributed by atoms with E-state index in [1.165, 1.54) is 7.11 Å². The van der Waals surface area contributed by atoms with Crippen molar-refractivity contribution in [1.29, 1.82) is 0 Å². The van der Waals surface area contributed by atoms with E-state index in [9.17, 15) is 9.59 Å². The fourth-order valence-corrected chi connectivity index (χ4v) is 2.45. The average molecular weight is 410 g/mol. The summed E-state index contributed by atoms with van der Waals surface area (Å²) in [6.07, 6.45) is -0.472. The molecule has 0 aliphatic carbocycles. The van der Waals surface area contributed by atoms with E-state index in [1.54, 1.807) is 20.8 Å². The Morgan fingerprint density at radius 1 is 1.10 bits per heavy atom. The van der Waals surface area contributed by atoms with Gasteiger partial charge in [0.25, 0.3) is 0 Å². The second-order valence-corrected chi connectivity index (χ2v) is 8.16. The van der Waals surface area contributed by atoms with Crippen molar-refractivity contribution in [2.24, 2.45) is 5.92 Å². The summed E-state index contributed by atoms with van der Waals surface area (Å²) in [5.74, 6) is -0.268. The molecule has 0 unspecified atom stereocenters. The topological polar surface area (TPSA) is 83.1 Å². The highest BCUT2D eigenvalue weighted by Gasteiger charge is 2.25. The summed E-state index contributed by atoms with van der Waals surface area (Å²) in [5.41, 5.74) is 0.451. The van der Waals surface area contributed by atoms with Crippen LogP contribution in [0.3, 0.4) is 0 Å². The van der Waals surface area contributed by atoms with E-state index in [0.29, 0.717) is 13.2 Å². The maximum atomic E-state index is 11.9. The molecule has 7 nitrogen and oxygen atoms in total. The first-order chi connectivity index (χ1) is 13.6. The Morgan fingerprint density at radius 3 is 2.31 bits per heavy atom. The van der Waals surface area contributed by atoms with Gasteiger partial charge in [0.15, 0.2) is 0 Å². The highest BCUT2D eigenvalue weighted by atomic mass is 16.6. The van der Waals surface area contributed by atoms with Gasteiger partial charge in [0.1, 0.15) is 11.6 Å². The van der Waals surface area contributed by atoms with Crippen molar-refractivity contribution in [3.05, 3.63) is 35.9 Å². The number of hydrogen-bond donors (Lipinski definition) is 1. The largest absolute Gasteiger partial charge is 0.467 e. The molecule has 1 rings (SSSR count). The van der Waals surface area contributed by atoms with Crippen molar-refractivity contribution >= 4 is 12.1 Å². The molecule has 0 heterocycles. The molecule has 0 radical (unpaired) electrons. The fraction of sp³-hybridized carbons (Fsp3) is 0.636. The number of carbonyl (C=O) groups excluding carboxylic acids is 2. The summed E-state index contributed by atoms with van der Waals surface area (Å²) in [7, 11) is 1.28. The maximum Gasteiger partial charge on any atom is 0.408 e. The van der Waals surface area contributed by atoms with Crippen LogP contribution in [0.4, 0.5) is 4.79 Å². The van der Waals surface area contributed by atoms with Crippen LogP contribution in [0.1, 0.15) is 46.6 Å². The highest BCUT2D eigenvalue weighted by molar-refractivity contribution is 5.81. The van der Waals surface area contributed by atoms with Crippen molar-refractivity contribution in [3.8, 4) is 0 Å². The van der Waals surface area contributed by atoms with Gasteiger partial charge in [-0.15, -0.1) is 0 Å². The Morgan fingerprint density at radius 2 is 1.76 bits per heavy atom. The number of rotatable bonds is 11. The first-order valence-electron chi connectivity index (χ1n) is 9.93. The number of esters is 1. The number of carbonyl (C=O) groups is 2. The van der Waals surface area contributed by atoms with Crippen molar-refractivity contribution in [3.63, 3.8) is 0 Å². The van der Waals surface area contributed by atoms with E-state index < -0.39 is 23.7 Å². The molecule has 1 N–H and O–H groups in total. The standard InChI is InChI=1S/C22H35NO6/c1-16(2)19(28-14-17-10-8-7-9-11-17)15-27-13-12-18(20(24)26-6)23-21(25)29-22(3,4)5/h7-11,16,18-19H,12-15H2,1-6H3,(H,23,25)/t18-,19+/m0/s1. The smallest absolute Gasteiger partial charge is 0.408 e. The third kappa shape index (κ3) is 10.9. The van der Waals surface area contributed by atoms with E-state index >= 15 is 0 Å². The Hall–Kier alpha value is -2.12. The SMILES string of the molecule is COC(=O)[C@H](CCOC[C@@H](OCc1ccccc1)C(C)C)NC(=O)OC(C)(C)C. The molecule has 1 aromatic carbocycles. The van der Waals surface area contributed by atoms with Crippen molar-refractivity contribution in [2.75, 3.05) is 20.3 Å². The Bertz CT molecular complexity index is 611. The van der Waals surface area contributed by atoms with Crippen LogP contribution in [0.25, 0.3) is 0 Å². The molecule has 2 atom stereocenters. The van der Waals surface area contributed by atoms with Crippen LogP contribution in [0.15, 0.2) is 30.3 Å². The van der Waals surface area contributed by atoms with Gasteiger partial charge in [-0.2, -0.15) is 0 Å². The second kappa shape index (κ2) is 12.4. The first kappa shape index (κ1) is 24.9. The Balaban J connectivity index is 2.46. The minimum absolute atomic E-state index is 0.0782. The van der Waals surface area contributed by atoms with Crippen LogP contribution in [0.5, 0.6) is 0 Å². The van der Waals surface area contributed by atoms with E-state index in [2.05, 4.69) is 19.2 Å². The molecule has 0 spiro atoms. The Kier molecular flexibility index (Phi) is 10.7. The molecule has 0 aliphatic rings. The first-order valence-corrected chi connectivity index (χ1v) is 9.93. The number of amides is 1. The van der Waals surface area contributed by atoms with Gasteiger partial charge >= 0.3 is 12.1 Å². The third-order valence-electron chi connectivity index (χ3n) is 4.06. The predicted molar refractivity (Wildman–Crippen MR) is 110 cm³/mol. The molecule has 0 bridgehead atoms. The summed E-state index contributed by atoms with van der Waals surface area (Å²) >= 11 is 0. The van der Waals surface area contributed by atoms with Gasteiger partial charge in [0.2, 0.25) is 0 Å². The summed E-state index contributed by atoms with van der Waals surface area (Å²) in [6.45, 7) is 10.6. The van der Waals surface area contributed by atoms with Gasteiger partial charge in [0, 0.05) is 13.0 Å². The summed E-state index contributed by atoms with van der Waals surface area (Å²) in [6, 6.07) is 9.12. The monoisotopic (exact) mass is 409 g/mol. The van der Waals surface area contributed by atoms with E-state index in [-0.39, 0.29) is 25.0 Å². The molecule has 1 amide bonds. The molecule has 0 fully saturated rings. The van der Waals surface area contributed by atoms with Gasteiger partial charge in [-0.25, -0.2) is 9.59 Å².